The summed E-state index contributed by atoms with van der Waals surface area (Å²) in [5.41, 5.74) is -0.896. The van der Waals surface area contributed by atoms with Gasteiger partial charge in [-0.05, 0) is 45.6 Å². The van der Waals surface area contributed by atoms with Crippen molar-refractivity contribution in [1.82, 2.24) is 19.8 Å². The Hall–Kier alpha value is -3.09. The Morgan fingerprint density at radius 3 is 2.24 bits per heavy atom. The van der Waals surface area contributed by atoms with Crippen molar-refractivity contribution in [3.63, 3.8) is 0 Å². The van der Waals surface area contributed by atoms with E-state index in [-0.39, 0.29) is 54.6 Å². The lowest BCUT2D eigenvalue weighted by molar-refractivity contribution is -0.135. The van der Waals surface area contributed by atoms with E-state index in [9.17, 15) is 27.2 Å². The third-order valence-electron chi connectivity index (χ3n) is 6.10. The van der Waals surface area contributed by atoms with Crippen LogP contribution in [0, 0.1) is 11.6 Å². The van der Waals surface area contributed by atoms with Crippen molar-refractivity contribution in [2.45, 2.75) is 50.3 Å². The smallest absolute Gasteiger partial charge is 0.410 e. The largest absolute Gasteiger partial charge is 0.478 e. The quantitative estimate of drug-likeness (QED) is 0.301. The van der Waals surface area contributed by atoms with Crippen molar-refractivity contribution < 1.29 is 36.6 Å². The summed E-state index contributed by atoms with van der Waals surface area (Å²) in [5.74, 6) is -6.58. The first-order chi connectivity index (χ1) is 17.8. The van der Waals surface area contributed by atoms with E-state index in [0.717, 1.165) is 23.9 Å². The van der Waals surface area contributed by atoms with Gasteiger partial charge in [-0.3, -0.25) is 4.79 Å². The lowest BCUT2D eigenvalue weighted by atomic mass is 10.0. The fraction of sp³-hybridized carbons (Fsp3) is 0.520. The number of rotatable bonds is 5. The highest BCUT2D eigenvalue weighted by Crippen LogP contribution is 2.44. The molecule has 38 heavy (non-hydrogen) atoms. The van der Waals surface area contributed by atoms with E-state index in [2.05, 4.69) is 9.97 Å². The number of thioether (sulfide) groups is 1. The molecule has 0 radical (unpaired) electrons. The first kappa shape index (κ1) is 27.9. The Kier molecular flexibility index (Phi) is 7.78. The number of piperazine rings is 1. The predicted molar refractivity (Wildman–Crippen MR) is 131 cm³/mol. The van der Waals surface area contributed by atoms with Gasteiger partial charge >= 0.3 is 6.09 Å². The molecular weight excluding hydrogens is 528 g/mol. The highest BCUT2D eigenvalue weighted by Gasteiger charge is 2.43. The standard InChI is InChI=1S/C25H28F4N4O4S/c1-24(2,3)37-23(35)33-9-7-32(8-10-33)18(34)13-36-20-16(26)11-14(12-17(20)27)19-15-5-6-25(28,29)21(15)31-22(30-19)38-4/h11-12H,5-10,13H2,1-4H3. The number of benzene rings is 1. The van der Waals surface area contributed by atoms with E-state index >= 15 is 0 Å². The molecule has 2 amide bonds. The first-order valence-corrected chi connectivity index (χ1v) is 13.2. The fourth-order valence-electron chi connectivity index (χ4n) is 4.26. The average molecular weight is 557 g/mol. The lowest BCUT2D eigenvalue weighted by Crippen LogP contribution is -2.52. The SMILES string of the molecule is CSc1nc(-c2cc(F)c(OCC(=O)N3CCN(C(=O)OC(C)(C)C)CC3)c(F)c2)c2c(n1)C(F)(F)CC2. The van der Waals surface area contributed by atoms with Crippen molar-refractivity contribution >= 4 is 23.8 Å². The van der Waals surface area contributed by atoms with Crippen LogP contribution in [0.2, 0.25) is 0 Å². The van der Waals surface area contributed by atoms with Gasteiger partial charge in [0.2, 0.25) is 0 Å². The van der Waals surface area contributed by atoms with Gasteiger partial charge in [0.05, 0.1) is 5.69 Å². The van der Waals surface area contributed by atoms with Crippen LogP contribution in [0.3, 0.4) is 0 Å². The normalized spacial score (nSPS) is 16.8. The number of amides is 2. The Balaban J connectivity index is 1.43. The second-order valence-corrected chi connectivity index (χ2v) is 10.8. The monoisotopic (exact) mass is 556 g/mol. The van der Waals surface area contributed by atoms with Gasteiger partial charge in [0.15, 0.2) is 29.1 Å². The van der Waals surface area contributed by atoms with E-state index in [0.29, 0.717) is 0 Å². The maximum absolute atomic E-state index is 14.9. The Morgan fingerprint density at radius 1 is 1.05 bits per heavy atom. The molecule has 0 N–H and O–H groups in total. The summed E-state index contributed by atoms with van der Waals surface area (Å²) >= 11 is 1.05. The third-order valence-corrected chi connectivity index (χ3v) is 6.65. The average Bonchev–Trinajstić information content (AvgIpc) is 3.16. The second-order valence-electron chi connectivity index (χ2n) is 10.00. The number of aromatic nitrogens is 2. The van der Waals surface area contributed by atoms with Crippen molar-refractivity contribution in [2.75, 3.05) is 39.0 Å². The number of hydrogen-bond donors (Lipinski definition) is 0. The van der Waals surface area contributed by atoms with Gasteiger partial charge in [0.1, 0.15) is 11.3 Å². The number of nitrogens with zero attached hydrogens (tertiary/aromatic N) is 4. The summed E-state index contributed by atoms with van der Waals surface area (Å²) < 4.78 is 68.9. The second kappa shape index (κ2) is 10.6. The summed E-state index contributed by atoms with van der Waals surface area (Å²) in [7, 11) is 0. The predicted octanol–water partition coefficient (Wildman–Crippen LogP) is 4.64. The third kappa shape index (κ3) is 5.97. The molecule has 1 aliphatic carbocycles. The minimum absolute atomic E-state index is 0.0243. The van der Waals surface area contributed by atoms with Crippen LogP contribution in [0.25, 0.3) is 11.3 Å². The van der Waals surface area contributed by atoms with Crippen LogP contribution >= 0.6 is 11.8 Å². The maximum atomic E-state index is 14.9. The molecule has 1 aromatic heterocycles. The van der Waals surface area contributed by atoms with Gasteiger partial charge in [-0.2, -0.15) is 8.78 Å². The van der Waals surface area contributed by atoms with E-state index in [1.54, 1.807) is 27.0 Å². The van der Waals surface area contributed by atoms with E-state index in [4.69, 9.17) is 9.47 Å². The van der Waals surface area contributed by atoms with Gasteiger partial charge in [0.25, 0.3) is 11.8 Å². The Morgan fingerprint density at radius 2 is 1.66 bits per heavy atom. The fourth-order valence-corrected chi connectivity index (χ4v) is 4.62. The summed E-state index contributed by atoms with van der Waals surface area (Å²) in [4.78, 5) is 35.8. The summed E-state index contributed by atoms with van der Waals surface area (Å²) in [5, 5.41) is 0.0684. The highest BCUT2D eigenvalue weighted by molar-refractivity contribution is 7.98. The van der Waals surface area contributed by atoms with E-state index in [1.807, 2.05) is 0 Å². The molecule has 206 valence electrons. The molecule has 2 aliphatic rings. The van der Waals surface area contributed by atoms with Gasteiger partial charge in [0, 0.05) is 43.7 Å². The van der Waals surface area contributed by atoms with Gasteiger partial charge in [-0.15, -0.1) is 0 Å². The van der Waals surface area contributed by atoms with E-state index < -0.39 is 59.6 Å². The molecule has 1 fully saturated rings. The first-order valence-electron chi connectivity index (χ1n) is 12.0. The molecule has 0 unspecified atom stereocenters. The van der Waals surface area contributed by atoms with Crippen LogP contribution in [0.4, 0.5) is 22.4 Å². The Labute approximate surface area is 221 Å². The van der Waals surface area contributed by atoms with Crippen LogP contribution in [-0.4, -0.2) is 76.4 Å². The summed E-state index contributed by atoms with van der Waals surface area (Å²) in [6.45, 7) is 5.58. The molecule has 0 bridgehead atoms. The number of hydrogen-bond acceptors (Lipinski definition) is 7. The van der Waals surface area contributed by atoms with Gasteiger partial charge in [-0.25, -0.2) is 23.5 Å². The topological polar surface area (TPSA) is 84.9 Å². The molecule has 1 aromatic carbocycles. The molecule has 4 rings (SSSR count). The summed E-state index contributed by atoms with van der Waals surface area (Å²) in [6.07, 6.45) is 0.657. The molecule has 2 heterocycles. The minimum atomic E-state index is -3.14. The van der Waals surface area contributed by atoms with Crippen LogP contribution in [0.1, 0.15) is 38.4 Å². The summed E-state index contributed by atoms with van der Waals surface area (Å²) in [6, 6.07) is 1.90. The molecule has 0 saturated carbocycles. The minimum Gasteiger partial charge on any atom is -0.478 e. The zero-order valence-corrected chi connectivity index (χ0v) is 22.3. The zero-order chi connectivity index (χ0) is 27.8. The maximum Gasteiger partial charge on any atom is 0.410 e. The van der Waals surface area contributed by atoms with Crippen molar-refractivity contribution in [3.8, 4) is 17.0 Å². The van der Waals surface area contributed by atoms with Crippen LogP contribution in [-0.2, 0) is 21.9 Å². The highest BCUT2D eigenvalue weighted by atomic mass is 32.2. The molecule has 1 aliphatic heterocycles. The van der Waals surface area contributed by atoms with E-state index in [1.165, 1.54) is 9.80 Å². The number of alkyl halides is 2. The number of ether oxygens (including phenoxy) is 2. The van der Waals surface area contributed by atoms with Crippen molar-refractivity contribution in [2.24, 2.45) is 0 Å². The number of halogens is 4. The number of carbonyl (C=O) groups excluding carboxylic acids is 2. The van der Waals surface area contributed by atoms with Crippen molar-refractivity contribution in [3.05, 3.63) is 35.0 Å². The number of carbonyl (C=O) groups is 2. The van der Waals surface area contributed by atoms with Gasteiger partial charge < -0.3 is 19.3 Å². The molecule has 13 heteroatoms. The number of fused-ring (bicyclic) bond motifs is 1. The molecular formula is C25H28F4N4O4S. The van der Waals surface area contributed by atoms with Crippen LogP contribution in [0.5, 0.6) is 5.75 Å². The molecule has 0 atom stereocenters. The van der Waals surface area contributed by atoms with Crippen LogP contribution in [0.15, 0.2) is 17.3 Å². The molecule has 0 spiro atoms. The zero-order valence-electron chi connectivity index (χ0n) is 21.4. The Bertz CT molecular complexity index is 1220. The lowest BCUT2D eigenvalue weighted by Gasteiger charge is -2.35. The molecule has 1 saturated heterocycles. The van der Waals surface area contributed by atoms with Crippen molar-refractivity contribution in [1.29, 1.82) is 0 Å². The van der Waals surface area contributed by atoms with Gasteiger partial charge in [-0.1, -0.05) is 11.8 Å². The molecule has 2 aromatic rings. The molecule has 8 nitrogen and oxygen atoms in total. The van der Waals surface area contributed by atoms with Crippen LogP contribution < -0.4 is 4.74 Å².